The molecule has 2 unspecified atom stereocenters. The first-order chi connectivity index (χ1) is 16.6. The predicted molar refractivity (Wildman–Crippen MR) is 155 cm³/mol. The third-order valence-corrected chi connectivity index (χ3v) is 19.2. The van der Waals surface area contributed by atoms with Crippen molar-refractivity contribution < 1.29 is 23.1 Å². The summed E-state index contributed by atoms with van der Waals surface area (Å²) < 4.78 is 31.7. The number of hydrogen-bond donors (Lipinski definition) is 0. The Labute approximate surface area is 223 Å². The molecule has 2 rings (SSSR count). The molecule has 0 bridgehead atoms. The number of ether oxygens (including phenoxy) is 3. The van der Waals surface area contributed by atoms with Gasteiger partial charge in [0.25, 0.3) is 0 Å². The molecular formula is C29H54O5Si2. The average molecular weight is 539 g/mol. The first-order valence-corrected chi connectivity index (χ1v) is 18.8. The number of hydrogen-bond acceptors (Lipinski definition) is 5. The van der Waals surface area contributed by atoms with E-state index >= 15 is 0 Å². The minimum Gasteiger partial charge on any atom is -0.465 e. The highest BCUT2D eigenvalue weighted by Crippen LogP contribution is 2.50. The van der Waals surface area contributed by atoms with Gasteiger partial charge < -0.3 is 23.1 Å². The van der Waals surface area contributed by atoms with E-state index in [-0.39, 0.29) is 17.2 Å². The van der Waals surface area contributed by atoms with Crippen LogP contribution < -0.4 is 4.74 Å². The summed E-state index contributed by atoms with van der Waals surface area (Å²) in [5, 5.41) is 0.179. The van der Waals surface area contributed by atoms with Crippen LogP contribution in [0.2, 0.25) is 34.8 Å². The zero-order valence-electron chi connectivity index (χ0n) is 25.4. The van der Waals surface area contributed by atoms with Crippen molar-refractivity contribution in [3.63, 3.8) is 0 Å². The number of fused-ring (bicyclic) bond motifs is 1. The Bertz CT molecular complexity index is 823. The molecule has 0 amide bonds. The van der Waals surface area contributed by atoms with Crippen LogP contribution in [-0.2, 0) is 31.5 Å². The molecular weight excluding hydrogens is 484 g/mol. The van der Waals surface area contributed by atoms with Gasteiger partial charge in [-0.25, -0.2) is 0 Å². The monoisotopic (exact) mass is 538 g/mol. The van der Waals surface area contributed by atoms with Crippen LogP contribution in [0.1, 0.15) is 91.3 Å². The lowest BCUT2D eigenvalue weighted by molar-refractivity contribution is -0.0146. The van der Waals surface area contributed by atoms with Crippen LogP contribution in [0, 0.1) is 0 Å². The molecule has 0 aliphatic carbocycles. The van der Waals surface area contributed by atoms with Gasteiger partial charge in [-0.15, -0.1) is 0 Å². The number of rotatable bonds is 13. The van der Waals surface area contributed by atoms with Crippen molar-refractivity contribution in [3.05, 3.63) is 28.8 Å². The van der Waals surface area contributed by atoms with Crippen molar-refractivity contribution in [2.45, 2.75) is 129 Å². The SMILES string of the molecule is COCc1cc(COC)c2c(c1)OC(O[Si](C(C)C)(C(C)C)C(C)C)C2CCO[Si](C)(C)C(C)(C)C. The Morgan fingerprint density at radius 3 is 1.92 bits per heavy atom. The molecule has 36 heavy (non-hydrogen) atoms. The Morgan fingerprint density at radius 2 is 1.44 bits per heavy atom. The normalized spacial score (nSPS) is 18.9. The first-order valence-electron chi connectivity index (χ1n) is 13.7. The molecule has 1 aromatic rings. The van der Waals surface area contributed by atoms with Gasteiger partial charge in [-0.05, 0) is 58.4 Å². The van der Waals surface area contributed by atoms with Crippen LogP contribution in [-0.4, -0.2) is 43.8 Å². The van der Waals surface area contributed by atoms with E-state index in [1.165, 1.54) is 5.56 Å². The highest BCUT2D eigenvalue weighted by Gasteiger charge is 2.50. The maximum atomic E-state index is 7.26. The second-order valence-electron chi connectivity index (χ2n) is 13.0. The Balaban J connectivity index is 2.51. The largest absolute Gasteiger partial charge is 0.465 e. The zero-order valence-corrected chi connectivity index (χ0v) is 27.4. The second kappa shape index (κ2) is 12.4. The van der Waals surface area contributed by atoms with Crippen molar-refractivity contribution in [2.24, 2.45) is 0 Å². The van der Waals surface area contributed by atoms with Crippen molar-refractivity contribution >= 4 is 16.6 Å². The summed E-state index contributed by atoms with van der Waals surface area (Å²) in [6, 6.07) is 4.34. The van der Waals surface area contributed by atoms with Gasteiger partial charge in [0.15, 0.2) is 14.6 Å². The molecule has 0 saturated carbocycles. The summed E-state index contributed by atoms with van der Waals surface area (Å²) >= 11 is 0. The lowest BCUT2D eigenvalue weighted by atomic mass is 9.91. The van der Waals surface area contributed by atoms with E-state index < -0.39 is 16.6 Å². The molecule has 5 nitrogen and oxygen atoms in total. The Kier molecular flexibility index (Phi) is 10.9. The van der Waals surface area contributed by atoms with E-state index in [4.69, 9.17) is 23.1 Å². The third-order valence-electron chi connectivity index (χ3n) is 8.57. The number of methoxy groups -OCH3 is 2. The van der Waals surface area contributed by atoms with Crippen LogP contribution in [0.15, 0.2) is 12.1 Å². The molecule has 1 aliphatic rings. The fraction of sp³-hybridized carbons (Fsp3) is 0.793. The minimum atomic E-state index is -2.16. The molecule has 0 radical (unpaired) electrons. The molecule has 7 heteroatoms. The highest BCUT2D eigenvalue weighted by atomic mass is 28.4. The fourth-order valence-corrected chi connectivity index (χ4v) is 12.3. The quantitative estimate of drug-likeness (QED) is 0.236. The molecule has 2 atom stereocenters. The van der Waals surface area contributed by atoms with Crippen molar-refractivity contribution in [2.75, 3.05) is 20.8 Å². The second-order valence-corrected chi connectivity index (χ2v) is 23.2. The minimum absolute atomic E-state index is 0.106. The zero-order chi connectivity index (χ0) is 27.5. The van der Waals surface area contributed by atoms with Gasteiger partial charge in [0.1, 0.15) is 5.75 Å². The van der Waals surface area contributed by atoms with E-state index in [1.807, 2.05) is 0 Å². The number of benzene rings is 1. The Hall–Kier alpha value is -0.706. The van der Waals surface area contributed by atoms with Crippen LogP contribution in [0.25, 0.3) is 0 Å². The summed E-state index contributed by atoms with van der Waals surface area (Å²) in [6.07, 6.45) is 0.554. The molecule has 1 heterocycles. The molecule has 0 N–H and O–H groups in total. The lowest BCUT2D eigenvalue weighted by Gasteiger charge is -2.44. The van der Waals surface area contributed by atoms with Crippen LogP contribution in [0.4, 0.5) is 0 Å². The van der Waals surface area contributed by atoms with Gasteiger partial charge in [-0.2, -0.15) is 0 Å². The van der Waals surface area contributed by atoms with E-state index in [9.17, 15) is 0 Å². The third kappa shape index (κ3) is 6.64. The lowest BCUT2D eigenvalue weighted by Crippen LogP contribution is -2.51. The average Bonchev–Trinajstić information content (AvgIpc) is 3.07. The maximum Gasteiger partial charge on any atom is 0.205 e. The molecule has 0 fully saturated rings. The van der Waals surface area contributed by atoms with Crippen LogP contribution in [0.5, 0.6) is 5.75 Å². The molecule has 1 aromatic carbocycles. The van der Waals surface area contributed by atoms with Gasteiger partial charge in [-0.1, -0.05) is 68.4 Å². The molecule has 0 aromatic heterocycles. The standard InChI is InChI=1S/C29H54O5Si2/c1-20(2)36(21(3)4,22(5)6)34-28-25(14-15-32-35(12,13)29(7,8)9)27-24(19-31-11)16-23(18-30-10)17-26(27)33-28/h16-17,20-22,25,28H,14-15,18-19H2,1-13H3. The summed E-state index contributed by atoms with van der Waals surface area (Å²) in [6.45, 7) is 27.3. The smallest absolute Gasteiger partial charge is 0.205 e. The van der Waals surface area contributed by atoms with Gasteiger partial charge in [0, 0.05) is 26.4 Å². The van der Waals surface area contributed by atoms with Gasteiger partial charge in [-0.3, -0.25) is 0 Å². The highest BCUT2D eigenvalue weighted by molar-refractivity contribution is 6.77. The predicted octanol–water partition coefficient (Wildman–Crippen LogP) is 8.39. The Morgan fingerprint density at radius 1 is 0.889 bits per heavy atom. The van der Waals surface area contributed by atoms with Crippen molar-refractivity contribution in [1.82, 2.24) is 0 Å². The van der Waals surface area contributed by atoms with Crippen LogP contribution in [0.3, 0.4) is 0 Å². The van der Waals surface area contributed by atoms with E-state index in [0.29, 0.717) is 36.4 Å². The first kappa shape index (κ1) is 31.5. The summed E-state index contributed by atoms with van der Waals surface area (Å²) in [5.41, 5.74) is 4.93. The van der Waals surface area contributed by atoms with E-state index in [1.54, 1.807) is 14.2 Å². The van der Waals surface area contributed by atoms with E-state index in [2.05, 4.69) is 87.5 Å². The topological polar surface area (TPSA) is 46.2 Å². The van der Waals surface area contributed by atoms with E-state index in [0.717, 1.165) is 23.3 Å². The van der Waals surface area contributed by atoms with Crippen molar-refractivity contribution in [1.29, 1.82) is 0 Å². The molecule has 208 valence electrons. The fourth-order valence-electron chi connectivity index (χ4n) is 5.79. The summed E-state index contributed by atoms with van der Waals surface area (Å²) in [5.74, 6) is 1.02. The summed E-state index contributed by atoms with van der Waals surface area (Å²) in [4.78, 5) is 0. The maximum absolute atomic E-state index is 7.26. The molecule has 0 saturated heterocycles. The molecule has 1 aliphatic heterocycles. The van der Waals surface area contributed by atoms with Gasteiger partial charge in [0.2, 0.25) is 8.32 Å². The van der Waals surface area contributed by atoms with Crippen molar-refractivity contribution in [3.8, 4) is 5.75 Å². The van der Waals surface area contributed by atoms with Gasteiger partial charge >= 0.3 is 0 Å². The summed E-state index contributed by atoms with van der Waals surface area (Å²) in [7, 11) is -0.531. The van der Waals surface area contributed by atoms with Gasteiger partial charge in [0.05, 0.1) is 19.1 Å². The molecule has 0 spiro atoms. The van der Waals surface area contributed by atoms with Crippen LogP contribution >= 0.6 is 0 Å².